The van der Waals surface area contributed by atoms with E-state index in [1.807, 2.05) is 0 Å². The first-order chi connectivity index (χ1) is 9.06. The Morgan fingerprint density at radius 1 is 1.32 bits per heavy atom. The number of ether oxygens (including phenoxy) is 1. The smallest absolute Gasteiger partial charge is 0.248 e. The molecule has 0 spiro atoms. The van der Waals surface area contributed by atoms with Gasteiger partial charge in [-0.05, 0) is 12.1 Å². The Balaban J connectivity index is 2.10. The summed E-state index contributed by atoms with van der Waals surface area (Å²) >= 11 is 5.79. The monoisotopic (exact) mass is 277 g/mol. The number of halogens is 1. The minimum absolute atomic E-state index is 0.257. The maximum atomic E-state index is 11.0. The second-order valence-corrected chi connectivity index (χ2v) is 4.34. The standard InChI is InChI=1S/C13H12ClN3O2/c14-10-4-11(6-17-5-10)19-7-9-2-1-8(13(16)18)3-12(9)15/h1-6H,7,15H2,(H2,16,18). The number of nitrogens with two attached hydrogens (primary N) is 2. The average Bonchev–Trinajstić information content (AvgIpc) is 2.37. The second-order valence-electron chi connectivity index (χ2n) is 3.91. The third-order valence-corrected chi connectivity index (χ3v) is 2.71. The van der Waals surface area contributed by atoms with E-state index in [4.69, 9.17) is 27.8 Å². The van der Waals surface area contributed by atoms with Crippen LogP contribution in [0.15, 0.2) is 36.7 Å². The van der Waals surface area contributed by atoms with Gasteiger partial charge in [0.1, 0.15) is 12.4 Å². The zero-order chi connectivity index (χ0) is 13.8. The van der Waals surface area contributed by atoms with Crippen molar-refractivity contribution < 1.29 is 9.53 Å². The molecule has 4 N–H and O–H groups in total. The number of rotatable bonds is 4. The molecule has 0 bridgehead atoms. The molecule has 1 heterocycles. The fourth-order valence-electron chi connectivity index (χ4n) is 1.51. The van der Waals surface area contributed by atoms with Crippen molar-refractivity contribution in [1.29, 1.82) is 0 Å². The summed E-state index contributed by atoms with van der Waals surface area (Å²) in [5.74, 6) is 0.0316. The first-order valence-corrected chi connectivity index (χ1v) is 5.85. The number of hydrogen-bond acceptors (Lipinski definition) is 4. The minimum atomic E-state index is -0.516. The van der Waals surface area contributed by atoms with Gasteiger partial charge in [0, 0.05) is 29.1 Å². The number of nitrogen functional groups attached to an aromatic ring is 1. The minimum Gasteiger partial charge on any atom is -0.487 e. The van der Waals surface area contributed by atoms with E-state index in [0.717, 1.165) is 5.56 Å². The van der Waals surface area contributed by atoms with Crippen molar-refractivity contribution in [3.05, 3.63) is 52.8 Å². The Bertz CT molecular complexity index is 617. The van der Waals surface area contributed by atoms with Gasteiger partial charge in [0.15, 0.2) is 0 Å². The lowest BCUT2D eigenvalue weighted by Crippen LogP contribution is -2.12. The molecular formula is C13H12ClN3O2. The summed E-state index contributed by atoms with van der Waals surface area (Å²) in [5.41, 5.74) is 12.6. The van der Waals surface area contributed by atoms with E-state index in [2.05, 4.69) is 4.98 Å². The SMILES string of the molecule is NC(=O)c1ccc(COc2cncc(Cl)c2)c(N)c1. The van der Waals surface area contributed by atoms with Gasteiger partial charge in [0.2, 0.25) is 5.91 Å². The van der Waals surface area contributed by atoms with E-state index in [9.17, 15) is 4.79 Å². The molecular weight excluding hydrogens is 266 g/mol. The molecule has 0 atom stereocenters. The lowest BCUT2D eigenvalue weighted by Gasteiger charge is -2.09. The van der Waals surface area contributed by atoms with Crippen molar-refractivity contribution in [2.45, 2.75) is 6.61 Å². The molecule has 5 nitrogen and oxygen atoms in total. The number of benzene rings is 1. The van der Waals surface area contributed by atoms with Crippen molar-refractivity contribution in [1.82, 2.24) is 4.98 Å². The van der Waals surface area contributed by atoms with E-state index >= 15 is 0 Å². The number of amides is 1. The van der Waals surface area contributed by atoms with E-state index in [-0.39, 0.29) is 6.61 Å². The average molecular weight is 278 g/mol. The van der Waals surface area contributed by atoms with Crippen LogP contribution in [-0.2, 0) is 6.61 Å². The van der Waals surface area contributed by atoms with E-state index in [1.165, 1.54) is 12.3 Å². The number of hydrogen-bond donors (Lipinski definition) is 2. The molecule has 2 rings (SSSR count). The number of pyridine rings is 1. The maximum Gasteiger partial charge on any atom is 0.248 e. The maximum absolute atomic E-state index is 11.0. The predicted molar refractivity (Wildman–Crippen MR) is 73.0 cm³/mol. The highest BCUT2D eigenvalue weighted by Crippen LogP contribution is 2.19. The molecule has 0 saturated carbocycles. The van der Waals surface area contributed by atoms with Crippen LogP contribution in [0.4, 0.5) is 5.69 Å². The summed E-state index contributed by atoms with van der Waals surface area (Å²) in [7, 11) is 0. The molecule has 2 aromatic rings. The van der Waals surface area contributed by atoms with Crippen molar-refractivity contribution >= 4 is 23.2 Å². The van der Waals surface area contributed by atoms with Gasteiger partial charge in [-0.1, -0.05) is 17.7 Å². The van der Waals surface area contributed by atoms with Crippen LogP contribution in [0, 0.1) is 0 Å². The van der Waals surface area contributed by atoms with Crippen molar-refractivity contribution in [3.63, 3.8) is 0 Å². The lowest BCUT2D eigenvalue weighted by atomic mass is 10.1. The van der Waals surface area contributed by atoms with Crippen LogP contribution in [0.25, 0.3) is 0 Å². The van der Waals surface area contributed by atoms with Crippen LogP contribution < -0.4 is 16.2 Å². The van der Waals surface area contributed by atoms with Gasteiger partial charge in [-0.15, -0.1) is 0 Å². The van der Waals surface area contributed by atoms with Gasteiger partial charge in [-0.3, -0.25) is 9.78 Å². The molecule has 0 aliphatic carbocycles. The normalized spacial score (nSPS) is 10.2. The topological polar surface area (TPSA) is 91.2 Å². The van der Waals surface area contributed by atoms with E-state index in [1.54, 1.807) is 24.4 Å². The zero-order valence-corrected chi connectivity index (χ0v) is 10.7. The fourth-order valence-corrected chi connectivity index (χ4v) is 1.68. The zero-order valence-electron chi connectivity index (χ0n) is 9.97. The molecule has 0 fully saturated rings. The lowest BCUT2D eigenvalue weighted by molar-refractivity contribution is 0.100. The number of carbonyl (C=O) groups excluding carboxylic acids is 1. The molecule has 0 radical (unpaired) electrons. The first kappa shape index (κ1) is 13.2. The Labute approximate surface area is 115 Å². The van der Waals surface area contributed by atoms with Crippen LogP contribution in [-0.4, -0.2) is 10.9 Å². The number of primary amides is 1. The van der Waals surface area contributed by atoms with Gasteiger partial charge < -0.3 is 16.2 Å². The summed E-state index contributed by atoms with van der Waals surface area (Å²) < 4.78 is 5.51. The quantitative estimate of drug-likeness (QED) is 0.836. The van der Waals surface area contributed by atoms with Crippen LogP contribution in [0.1, 0.15) is 15.9 Å². The molecule has 0 aliphatic rings. The van der Waals surface area contributed by atoms with Crippen molar-refractivity contribution in [2.24, 2.45) is 5.73 Å². The van der Waals surface area contributed by atoms with Gasteiger partial charge in [-0.2, -0.15) is 0 Å². The molecule has 1 aromatic heterocycles. The summed E-state index contributed by atoms with van der Waals surface area (Å²) in [4.78, 5) is 14.9. The first-order valence-electron chi connectivity index (χ1n) is 5.48. The van der Waals surface area contributed by atoms with Gasteiger partial charge in [0.25, 0.3) is 0 Å². The van der Waals surface area contributed by atoms with Gasteiger partial charge in [-0.25, -0.2) is 0 Å². The molecule has 6 heteroatoms. The van der Waals surface area contributed by atoms with E-state index in [0.29, 0.717) is 22.0 Å². The Kier molecular flexibility index (Phi) is 3.87. The Morgan fingerprint density at radius 3 is 2.74 bits per heavy atom. The van der Waals surface area contributed by atoms with Crippen LogP contribution >= 0.6 is 11.6 Å². The third-order valence-electron chi connectivity index (χ3n) is 2.50. The predicted octanol–water partition coefficient (Wildman–Crippen LogP) is 2.00. The van der Waals surface area contributed by atoms with Crippen LogP contribution in [0.3, 0.4) is 0 Å². The number of carbonyl (C=O) groups is 1. The largest absolute Gasteiger partial charge is 0.487 e. The highest BCUT2D eigenvalue weighted by atomic mass is 35.5. The third kappa shape index (κ3) is 3.35. The molecule has 98 valence electrons. The summed E-state index contributed by atoms with van der Waals surface area (Å²) in [6.07, 6.45) is 3.07. The number of aromatic nitrogens is 1. The van der Waals surface area contributed by atoms with Crippen LogP contribution in [0.2, 0.25) is 5.02 Å². The second kappa shape index (κ2) is 5.58. The summed E-state index contributed by atoms with van der Waals surface area (Å²) in [6.45, 7) is 0.257. The van der Waals surface area contributed by atoms with Crippen molar-refractivity contribution in [3.8, 4) is 5.75 Å². The molecule has 1 aromatic carbocycles. The van der Waals surface area contributed by atoms with Crippen molar-refractivity contribution in [2.75, 3.05) is 5.73 Å². The Morgan fingerprint density at radius 2 is 2.11 bits per heavy atom. The highest BCUT2D eigenvalue weighted by molar-refractivity contribution is 6.30. The van der Waals surface area contributed by atoms with Gasteiger partial charge >= 0.3 is 0 Å². The van der Waals surface area contributed by atoms with E-state index < -0.39 is 5.91 Å². The molecule has 19 heavy (non-hydrogen) atoms. The van der Waals surface area contributed by atoms with Gasteiger partial charge in [0.05, 0.1) is 11.2 Å². The Hall–Kier alpha value is -2.27. The fraction of sp³-hybridized carbons (Fsp3) is 0.0769. The number of anilines is 1. The summed E-state index contributed by atoms with van der Waals surface area (Å²) in [5, 5.41) is 0.495. The molecule has 0 aliphatic heterocycles. The number of nitrogens with zero attached hydrogens (tertiary/aromatic N) is 1. The van der Waals surface area contributed by atoms with Crippen LogP contribution in [0.5, 0.6) is 5.75 Å². The molecule has 0 saturated heterocycles. The molecule has 1 amide bonds. The highest BCUT2D eigenvalue weighted by Gasteiger charge is 2.06. The summed E-state index contributed by atoms with van der Waals surface area (Å²) in [6, 6.07) is 6.49. The molecule has 0 unspecified atom stereocenters.